The SMILES string of the molecule is CCN1CC[C@H]1COc1ccc(-n2ccc(OCc3ccc(Cl)cn3)cc2=O)cc1. The second kappa shape index (κ2) is 9.32. The lowest BCUT2D eigenvalue weighted by Crippen LogP contribution is -2.50. The molecule has 0 amide bonds. The topological polar surface area (TPSA) is 56.6 Å². The molecule has 0 radical (unpaired) electrons. The summed E-state index contributed by atoms with van der Waals surface area (Å²) in [7, 11) is 0. The molecule has 156 valence electrons. The van der Waals surface area contributed by atoms with Crippen LogP contribution in [-0.2, 0) is 6.61 Å². The van der Waals surface area contributed by atoms with Crippen molar-refractivity contribution in [3.8, 4) is 17.2 Å². The van der Waals surface area contributed by atoms with Crippen LogP contribution in [-0.4, -0.2) is 40.2 Å². The van der Waals surface area contributed by atoms with Crippen molar-refractivity contribution in [3.05, 3.63) is 82.0 Å². The average Bonchev–Trinajstić information content (AvgIpc) is 2.74. The van der Waals surface area contributed by atoms with E-state index in [-0.39, 0.29) is 12.2 Å². The van der Waals surface area contributed by atoms with E-state index in [4.69, 9.17) is 21.1 Å². The van der Waals surface area contributed by atoms with Gasteiger partial charge in [0, 0.05) is 36.7 Å². The molecule has 1 aliphatic rings. The van der Waals surface area contributed by atoms with Gasteiger partial charge >= 0.3 is 0 Å². The third kappa shape index (κ3) is 4.83. The molecule has 30 heavy (non-hydrogen) atoms. The molecular weight excluding hydrogens is 402 g/mol. The highest BCUT2D eigenvalue weighted by Crippen LogP contribution is 2.20. The fourth-order valence-corrected chi connectivity index (χ4v) is 3.52. The minimum absolute atomic E-state index is 0.168. The number of hydrogen-bond donors (Lipinski definition) is 0. The summed E-state index contributed by atoms with van der Waals surface area (Å²) in [5.41, 5.74) is 1.35. The van der Waals surface area contributed by atoms with Gasteiger partial charge in [0.2, 0.25) is 0 Å². The molecule has 1 atom stereocenters. The van der Waals surface area contributed by atoms with Crippen LogP contribution in [0.2, 0.25) is 5.02 Å². The van der Waals surface area contributed by atoms with Crippen LogP contribution in [0.25, 0.3) is 5.69 Å². The van der Waals surface area contributed by atoms with Gasteiger partial charge in [-0.25, -0.2) is 0 Å². The lowest BCUT2D eigenvalue weighted by molar-refractivity contribution is 0.0561. The van der Waals surface area contributed by atoms with E-state index in [0.29, 0.717) is 23.4 Å². The maximum absolute atomic E-state index is 12.5. The standard InChI is InChI=1S/C23H24ClN3O3/c1-2-26-11-9-20(26)16-30-21-7-5-19(6-8-21)27-12-10-22(13-23(27)28)29-15-18-4-3-17(24)14-25-18/h3-8,10,12-14,20H,2,9,11,15-16H2,1H3/t20-/m0/s1. The molecule has 6 nitrogen and oxygen atoms in total. The lowest BCUT2D eigenvalue weighted by Gasteiger charge is -2.39. The average molecular weight is 426 g/mol. The number of pyridine rings is 2. The summed E-state index contributed by atoms with van der Waals surface area (Å²) < 4.78 is 13.1. The first kappa shape index (κ1) is 20.4. The molecular formula is C23H24ClN3O3. The van der Waals surface area contributed by atoms with E-state index >= 15 is 0 Å². The molecule has 1 saturated heterocycles. The van der Waals surface area contributed by atoms with Crippen LogP contribution in [0, 0.1) is 0 Å². The number of halogens is 1. The van der Waals surface area contributed by atoms with Crippen molar-refractivity contribution in [3.63, 3.8) is 0 Å². The Kier molecular flexibility index (Phi) is 6.35. The van der Waals surface area contributed by atoms with Crippen molar-refractivity contribution in [2.45, 2.75) is 26.0 Å². The molecule has 0 saturated carbocycles. The maximum Gasteiger partial charge on any atom is 0.258 e. The predicted molar refractivity (Wildman–Crippen MR) is 117 cm³/mol. The van der Waals surface area contributed by atoms with Crippen molar-refractivity contribution in [1.29, 1.82) is 0 Å². The number of likely N-dealkylation sites (tertiary alicyclic amines) is 1. The van der Waals surface area contributed by atoms with Crippen LogP contribution >= 0.6 is 11.6 Å². The number of benzene rings is 1. The van der Waals surface area contributed by atoms with Crippen molar-refractivity contribution in [1.82, 2.24) is 14.5 Å². The third-order valence-corrected chi connectivity index (χ3v) is 5.52. The summed E-state index contributed by atoms with van der Waals surface area (Å²) in [4.78, 5) is 19.1. The molecule has 1 fully saturated rings. The quantitative estimate of drug-likeness (QED) is 0.547. The number of nitrogens with zero attached hydrogens (tertiary/aromatic N) is 3. The highest BCUT2D eigenvalue weighted by atomic mass is 35.5. The molecule has 1 aliphatic heterocycles. The van der Waals surface area contributed by atoms with Gasteiger partial charge in [-0.2, -0.15) is 0 Å². The monoisotopic (exact) mass is 425 g/mol. The van der Waals surface area contributed by atoms with Crippen LogP contribution in [0.4, 0.5) is 0 Å². The van der Waals surface area contributed by atoms with Crippen molar-refractivity contribution in [2.75, 3.05) is 19.7 Å². The fraction of sp³-hybridized carbons (Fsp3) is 0.304. The van der Waals surface area contributed by atoms with Crippen LogP contribution in [0.15, 0.2) is 65.7 Å². The first-order valence-electron chi connectivity index (χ1n) is 10.1. The molecule has 0 aliphatic carbocycles. The zero-order valence-corrected chi connectivity index (χ0v) is 17.6. The Balaban J connectivity index is 1.36. The maximum atomic E-state index is 12.5. The molecule has 2 aromatic heterocycles. The van der Waals surface area contributed by atoms with Crippen molar-refractivity contribution < 1.29 is 9.47 Å². The molecule has 0 unspecified atom stereocenters. The smallest absolute Gasteiger partial charge is 0.258 e. The number of likely N-dealkylation sites (N-methyl/N-ethyl adjacent to an activating group) is 1. The zero-order valence-electron chi connectivity index (χ0n) is 16.8. The minimum Gasteiger partial charge on any atom is -0.492 e. The summed E-state index contributed by atoms with van der Waals surface area (Å²) >= 11 is 5.83. The van der Waals surface area contributed by atoms with Crippen molar-refractivity contribution in [2.24, 2.45) is 0 Å². The van der Waals surface area contributed by atoms with Crippen LogP contribution in [0.1, 0.15) is 19.0 Å². The van der Waals surface area contributed by atoms with E-state index in [1.54, 1.807) is 35.2 Å². The van der Waals surface area contributed by atoms with E-state index in [0.717, 1.165) is 30.2 Å². The summed E-state index contributed by atoms with van der Waals surface area (Å²) in [6.45, 7) is 5.35. The molecule has 0 bridgehead atoms. The zero-order chi connectivity index (χ0) is 20.9. The van der Waals surface area contributed by atoms with E-state index < -0.39 is 0 Å². The van der Waals surface area contributed by atoms with Gasteiger partial charge in [0.05, 0.1) is 10.7 Å². The Morgan fingerprint density at radius 3 is 2.57 bits per heavy atom. The fourth-order valence-electron chi connectivity index (χ4n) is 3.41. The third-order valence-electron chi connectivity index (χ3n) is 5.30. The Morgan fingerprint density at radius 1 is 1.10 bits per heavy atom. The van der Waals surface area contributed by atoms with Gasteiger partial charge in [0.15, 0.2) is 0 Å². The highest BCUT2D eigenvalue weighted by molar-refractivity contribution is 6.30. The number of ether oxygens (including phenoxy) is 2. The van der Waals surface area contributed by atoms with Gasteiger partial charge in [-0.3, -0.25) is 19.2 Å². The first-order chi connectivity index (χ1) is 14.6. The van der Waals surface area contributed by atoms with E-state index in [2.05, 4.69) is 16.8 Å². The highest BCUT2D eigenvalue weighted by Gasteiger charge is 2.26. The van der Waals surface area contributed by atoms with E-state index in [1.807, 2.05) is 24.3 Å². The summed E-state index contributed by atoms with van der Waals surface area (Å²) in [5, 5.41) is 0.573. The second-order valence-electron chi connectivity index (χ2n) is 7.20. The Bertz CT molecular complexity index is 1030. The van der Waals surface area contributed by atoms with Crippen LogP contribution in [0.3, 0.4) is 0 Å². The predicted octanol–water partition coefficient (Wildman–Crippen LogP) is 3.94. The normalized spacial score (nSPS) is 16.1. The Morgan fingerprint density at radius 2 is 1.93 bits per heavy atom. The Labute approximate surface area is 180 Å². The molecule has 3 heterocycles. The molecule has 0 spiro atoms. The first-order valence-corrected chi connectivity index (χ1v) is 10.4. The number of rotatable bonds is 8. The van der Waals surface area contributed by atoms with Gasteiger partial charge in [0.1, 0.15) is 24.7 Å². The molecule has 7 heteroatoms. The van der Waals surface area contributed by atoms with Gasteiger partial charge < -0.3 is 9.47 Å². The molecule has 1 aromatic carbocycles. The summed E-state index contributed by atoms with van der Waals surface area (Å²) in [6.07, 6.45) is 4.46. The lowest BCUT2D eigenvalue weighted by atomic mass is 10.0. The van der Waals surface area contributed by atoms with Gasteiger partial charge in [0.25, 0.3) is 5.56 Å². The minimum atomic E-state index is -0.168. The van der Waals surface area contributed by atoms with Gasteiger partial charge in [-0.05, 0) is 55.4 Å². The summed E-state index contributed by atoms with van der Waals surface area (Å²) in [5.74, 6) is 1.30. The molecule has 4 rings (SSSR count). The number of aromatic nitrogens is 2. The van der Waals surface area contributed by atoms with Crippen LogP contribution in [0.5, 0.6) is 11.5 Å². The molecule has 3 aromatic rings. The van der Waals surface area contributed by atoms with Crippen molar-refractivity contribution >= 4 is 11.6 Å². The summed E-state index contributed by atoms with van der Waals surface area (Å²) in [6, 6.07) is 14.8. The van der Waals surface area contributed by atoms with Gasteiger partial charge in [-0.15, -0.1) is 0 Å². The van der Waals surface area contributed by atoms with Crippen LogP contribution < -0.4 is 15.0 Å². The molecule has 0 N–H and O–H groups in total. The number of hydrogen-bond acceptors (Lipinski definition) is 5. The van der Waals surface area contributed by atoms with E-state index in [9.17, 15) is 4.79 Å². The second-order valence-corrected chi connectivity index (χ2v) is 7.64. The largest absolute Gasteiger partial charge is 0.492 e. The van der Waals surface area contributed by atoms with E-state index in [1.165, 1.54) is 12.5 Å². The van der Waals surface area contributed by atoms with Gasteiger partial charge in [-0.1, -0.05) is 18.5 Å². The Hall–Kier alpha value is -2.83.